The van der Waals surface area contributed by atoms with E-state index in [-0.39, 0.29) is 21.8 Å². The third-order valence-corrected chi connectivity index (χ3v) is 8.08. The Hall–Kier alpha value is -2.21. The Kier molecular flexibility index (Phi) is 4.78. The van der Waals surface area contributed by atoms with E-state index >= 15 is 0 Å². The van der Waals surface area contributed by atoms with E-state index in [4.69, 9.17) is 16.3 Å². The molecule has 28 heavy (non-hydrogen) atoms. The number of morpholine rings is 1. The third-order valence-electron chi connectivity index (χ3n) is 5.33. The maximum atomic E-state index is 13.5. The van der Waals surface area contributed by atoms with Crippen molar-refractivity contribution < 1.29 is 13.2 Å². The van der Waals surface area contributed by atoms with Crippen LogP contribution in [-0.2, 0) is 19.3 Å². The van der Waals surface area contributed by atoms with E-state index in [0.717, 1.165) is 0 Å². The molecule has 1 atom stereocenters. The summed E-state index contributed by atoms with van der Waals surface area (Å²) in [5.41, 5.74) is 0.518. The van der Waals surface area contributed by atoms with Gasteiger partial charge in [0, 0.05) is 12.6 Å². The fourth-order valence-electron chi connectivity index (χ4n) is 3.63. The lowest BCUT2D eigenvalue weighted by Crippen LogP contribution is -2.44. The lowest BCUT2D eigenvalue weighted by Gasteiger charge is -2.34. The molecule has 2 aliphatic rings. The van der Waals surface area contributed by atoms with Crippen molar-refractivity contribution in [2.24, 2.45) is 0 Å². The summed E-state index contributed by atoms with van der Waals surface area (Å²) in [4.78, 5) is 10.7. The molecule has 1 saturated carbocycles. The van der Waals surface area contributed by atoms with Crippen LogP contribution in [0.4, 0.5) is 5.82 Å². The van der Waals surface area contributed by atoms with Crippen LogP contribution in [0, 0.1) is 11.3 Å². The summed E-state index contributed by atoms with van der Waals surface area (Å²) in [5, 5.41) is 9.36. The van der Waals surface area contributed by atoms with Crippen LogP contribution >= 0.6 is 11.6 Å². The highest BCUT2D eigenvalue weighted by atomic mass is 35.5. The highest BCUT2D eigenvalue weighted by Gasteiger charge is 2.58. The van der Waals surface area contributed by atoms with Crippen LogP contribution in [0.1, 0.15) is 31.0 Å². The largest absolute Gasteiger partial charge is 0.377 e. The number of hydrogen-bond acceptors (Lipinski definition) is 7. The Morgan fingerprint density at radius 1 is 1.32 bits per heavy atom. The molecule has 2 aromatic rings. The second kappa shape index (κ2) is 6.99. The number of aromatic nitrogens is 2. The number of sulfone groups is 1. The van der Waals surface area contributed by atoms with Gasteiger partial charge >= 0.3 is 0 Å². The minimum absolute atomic E-state index is 0.0150. The lowest BCUT2D eigenvalue weighted by atomic mass is 10.2. The van der Waals surface area contributed by atoms with Crippen LogP contribution in [0.5, 0.6) is 0 Å². The Bertz CT molecular complexity index is 1060. The predicted molar refractivity (Wildman–Crippen MR) is 104 cm³/mol. The van der Waals surface area contributed by atoms with Crippen molar-refractivity contribution in [3.63, 3.8) is 0 Å². The molecule has 1 saturated heterocycles. The summed E-state index contributed by atoms with van der Waals surface area (Å²) in [6.07, 6.45) is 0.862. The zero-order chi connectivity index (χ0) is 19.9. The van der Waals surface area contributed by atoms with Gasteiger partial charge in [-0.2, -0.15) is 5.26 Å². The van der Waals surface area contributed by atoms with Crippen molar-refractivity contribution in [1.82, 2.24) is 9.97 Å². The van der Waals surface area contributed by atoms with Crippen molar-refractivity contribution in [1.29, 1.82) is 5.26 Å². The molecule has 4 rings (SSSR count). The van der Waals surface area contributed by atoms with Crippen LogP contribution < -0.4 is 4.90 Å². The molecule has 146 valence electrons. The van der Waals surface area contributed by atoms with Crippen LogP contribution in [0.25, 0.3) is 0 Å². The average Bonchev–Trinajstić information content (AvgIpc) is 3.50. The molecule has 1 aliphatic carbocycles. The minimum atomic E-state index is -3.82. The topological polar surface area (TPSA) is 96.2 Å². The predicted octanol–water partition coefficient (Wildman–Crippen LogP) is 2.69. The first-order valence-corrected chi connectivity index (χ1v) is 10.9. The van der Waals surface area contributed by atoms with Gasteiger partial charge in [0.1, 0.15) is 16.6 Å². The molecule has 0 amide bonds. The molecule has 2 fully saturated rings. The van der Waals surface area contributed by atoms with Crippen molar-refractivity contribution in [2.75, 3.05) is 24.7 Å². The fraction of sp³-hybridized carbons (Fsp3) is 0.421. The molecule has 7 nitrogen and oxygen atoms in total. The first kappa shape index (κ1) is 19.1. The normalized spacial score (nSPS) is 21.2. The summed E-state index contributed by atoms with van der Waals surface area (Å²) in [7, 11) is -3.82. The smallest absolute Gasteiger partial charge is 0.224 e. The van der Waals surface area contributed by atoms with E-state index in [1.165, 1.54) is 12.1 Å². The van der Waals surface area contributed by atoms with E-state index < -0.39 is 14.6 Å². The van der Waals surface area contributed by atoms with Gasteiger partial charge in [0.25, 0.3) is 0 Å². The van der Waals surface area contributed by atoms with E-state index in [1.54, 1.807) is 18.2 Å². The minimum Gasteiger partial charge on any atom is -0.377 e. The summed E-state index contributed by atoms with van der Waals surface area (Å²) < 4.78 is 31.2. The molecule has 0 unspecified atom stereocenters. The van der Waals surface area contributed by atoms with Crippen molar-refractivity contribution in [2.45, 2.75) is 35.4 Å². The van der Waals surface area contributed by atoms with Gasteiger partial charge in [0.2, 0.25) is 5.28 Å². The zero-order valence-electron chi connectivity index (χ0n) is 15.3. The highest BCUT2D eigenvalue weighted by Crippen LogP contribution is 2.55. The highest BCUT2D eigenvalue weighted by molar-refractivity contribution is 7.92. The van der Waals surface area contributed by atoms with Gasteiger partial charge in [-0.15, -0.1) is 0 Å². The van der Waals surface area contributed by atoms with Crippen LogP contribution in [0.3, 0.4) is 0 Å². The first-order valence-electron chi connectivity index (χ1n) is 9.02. The first-order chi connectivity index (χ1) is 13.4. The second-order valence-electron chi connectivity index (χ2n) is 7.10. The summed E-state index contributed by atoms with van der Waals surface area (Å²) in [6.45, 7) is 3.79. The Labute approximate surface area is 168 Å². The van der Waals surface area contributed by atoms with Gasteiger partial charge in [-0.05, 0) is 43.5 Å². The number of nitriles is 1. The molecule has 0 spiro atoms. The van der Waals surface area contributed by atoms with Gasteiger partial charge in [0.05, 0.1) is 35.4 Å². The molecule has 0 bridgehead atoms. The molecule has 0 N–H and O–H groups in total. The number of ether oxygens (including phenoxy) is 1. The van der Waals surface area contributed by atoms with E-state index in [9.17, 15) is 13.7 Å². The standard InChI is InChI=1S/C19H19ClN4O3S/c1-13-12-27-9-8-24(13)17-10-16(22-18(20)23-17)19(6-7-19)28(25,26)15-5-3-2-4-14(15)11-21/h2-5,10,13H,6-9,12H2,1H3/t13-/m0/s1. The molecule has 1 aromatic heterocycles. The Morgan fingerprint density at radius 3 is 2.75 bits per heavy atom. The van der Waals surface area contributed by atoms with E-state index in [2.05, 4.69) is 9.97 Å². The van der Waals surface area contributed by atoms with Crippen LogP contribution in [0.2, 0.25) is 5.28 Å². The van der Waals surface area contributed by atoms with Crippen molar-refractivity contribution in [3.8, 4) is 6.07 Å². The maximum absolute atomic E-state index is 13.5. The average molecular weight is 419 g/mol. The fourth-order valence-corrected chi connectivity index (χ4v) is 5.91. The molecule has 2 heterocycles. The maximum Gasteiger partial charge on any atom is 0.224 e. The molecule has 1 aliphatic heterocycles. The number of anilines is 1. The van der Waals surface area contributed by atoms with Gasteiger partial charge in [0.15, 0.2) is 9.84 Å². The van der Waals surface area contributed by atoms with Gasteiger partial charge in [-0.1, -0.05) is 12.1 Å². The quantitative estimate of drug-likeness (QED) is 0.704. The van der Waals surface area contributed by atoms with Crippen LogP contribution in [-0.4, -0.2) is 44.2 Å². The van der Waals surface area contributed by atoms with Crippen molar-refractivity contribution in [3.05, 3.63) is 46.9 Å². The lowest BCUT2D eigenvalue weighted by molar-refractivity contribution is 0.0985. The molecule has 1 aromatic carbocycles. The van der Waals surface area contributed by atoms with Crippen LogP contribution in [0.15, 0.2) is 35.2 Å². The Balaban J connectivity index is 1.79. The second-order valence-corrected chi connectivity index (χ2v) is 9.67. The third kappa shape index (κ3) is 3.04. The molecule has 9 heteroatoms. The summed E-state index contributed by atoms with van der Waals surface area (Å²) >= 11 is 6.18. The summed E-state index contributed by atoms with van der Waals surface area (Å²) in [6, 6.07) is 10.0. The molecular formula is C19H19ClN4O3S. The summed E-state index contributed by atoms with van der Waals surface area (Å²) in [5.74, 6) is 0.598. The number of benzene rings is 1. The monoisotopic (exact) mass is 418 g/mol. The number of hydrogen-bond donors (Lipinski definition) is 0. The number of halogens is 1. The van der Waals surface area contributed by atoms with Gasteiger partial charge < -0.3 is 9.64 Å². The molecular weight excluding hydrogens is 400 g/mol. The number of rotatable bonds is 4. The van der Waals surface area contributed by atoms with Crippen molar-refractivity contribution >= 4 is 27.3 Å². The van der Waals surface area contributed by atoms with E-state index in [0.29, 0.717) is 44.1 Å². The Morgan fingerprint density at radius 2 is 2.07 bits per heavy atom. The van der Waals surface area contributed by atoms with Gasteiger partial charge in [-0.3, -0.25) is 0 Å². The SMILES string of the molecule is C[C@H]1COCCN1c1cc(C2(S(=O)(=O)c3ccccc3C#N)CC2)nc(Cl)n1. The zero-order valence-corrected chi connectivity index (χ0v) is 16.9. The van der Waals surface area contributed by atoms with Gasteiger partial charge in [-0.25, -0.2) is 18.4 Å². The molecule has 0 radical (unpaired) electrons. The van der Waals surface area contributed by atoms with E-state index in [1.807, 2.05) is 17.9 Å². The number of nitrogens with zero attached hydrogens (tertiary/aromatic N) is 4.